The van der Waals surface area contributed by atoms with E-state index in [1.165, 1.54) is 0 Å². The third-order valence-electron chi connectivity index (χ3n) is 5.33. The van der Waals surface area contributed by atoms with Crippen LogP contribution in [0.4, 0.5) is 0 Å². The van der Waals surface area contributed by atoms with E-state index in [0.717, 1.165) is 24.2 Å². The van der Waals surface area contributed by atoms with Gasteiger partial charge in [-0.25, -0.2) is 4.98 Å². The Hall–Kier alpha value is -3.15. The summed E-state index contributed by atoms with van der Waals surface area (Å²) in [7, 11) is 3.42. The molecule has 1 aliphatic carbocycles. The monoisotopic (exact) mass is 391 g/mol. The number of nitrogens with zero attached hydrogens (tertiary/aromatic N) is 3. The Kier molecular flexibility index (Phi) is 5.34. The van der Waals surface area contributed by atoms with E-state index in [9.17, 15) is 9.59 Å². The molecule has 29 heavy (non-hydrogen) atoms. The number of hydrogen-bond donors (Lipinski definition) is 0. The van der Waals surface area contributed by atoms with E-state index in [2.05, 4.69) is 0 Å². The molecule has 0 atom stereocenters. The number of ether oxygens (including phenoxy) is 1. The summed E-state index contributed by atoms with van der Waals surface area (Å²) in [5, 5.41) is 0.643. The van der Waals surface area contributed by atoms with E-state index in [0.29, 0.717) is 36.1 Å². The summed E-state index contributed by atoms with van der Waals surface area (Å²) in [6.45, 7) is 0.511. The molecule has 3 aromatic rings. The van der Waals surface area contributed by atoms with Gasteiger partial charge in [-0.05, 0) is 42.7 Å². The van der Waals surface area contributed by atoms with Gasteiger partial charge in [0.2, 0.25) is 5.91 Å². The Morgan fingerprint density at radius 1 is 1.21 bits per heavy atom. The molecule has 1 fully saturated rings. The SMILES string of the molecule is COc1cccc(CN(C)C(=O)CCc2nc3ccccc3c(=O)n2C2CC2)c1. The number of fused-ring (bicyclic) bond motifs is 1. The van der Waals surface area contributed by atoms with Gasteiger partial charge in [-0.3, -0.25) is 14.2 Å². The van der Waals surface area contributed by atoms with Crippen molar-refractivity contribution in [2.24, 2.45) is 0 Å². The maximum atomic E-state index is 12.9. The van der Waals surface area contributed by atoms with Crippen LogP contribution in [0.5, 0.6) is 5.75 Å². The number of carbonyl (C=O) groups excluding carboxylic acids is 1. The summed E-state index contributed by atoms with van der Waals surface area (Å²) in [5.74, 6) is 1.51. The van der Waals surface area contributed by atoms with Crippen molar-refractivity contribution >= 4 is 16.8 Å². The fourth-order valence-corrected chi connectivity index (χ4v) is 3.62. The number of carbonyl (C=O) groups is 1. The van der Waals surface area contributed by atoms with Crippen LogP contribution in [-0.2, 0) is 17.8 Å². The summed E-state index contributed by atoms with van der Waals surface area (Å²) in [5.41, 5.74) is 1.71. The zero-order valence-corrected chi connectivity index (χ0v) is 16.8. The summed E-state index contributed by atoms with van der Waals surface area (Å²) in [6, 6.07) is 15.3. The molecule has 1 aromatic heterocycles. The zero-order chi connectivity index (χ0) is 20.4. The zero-order valence-electron chi connectivity index (χ0n) is 16.8. The number of aryl methyl sites for hydroxylation is 1. The minimum atomic E-state index is 0.00489. The van der Waals surface area contributed by atoms with Gasteiger partial charge in [-0.1, -0.05) is 24.3 Å². The predicted molar refractivity (Wildman–Crippen MR) is 112 cm³/mol. The average Bonchev–Trinajstić information content (AvgIpc) is 3.57. The van der Waals surface area contributed by atoms with Crippen LogP contribution in [0.15, 0.2) is 53.3 Å². The lowest BCUT2D eigenvalue weighted by atomic mass is 10.2. The Morgan fingerprint density at radius 3 is 2.76 bits per heavy atom. The highest BCUT2D eigenvalue weighted by molar-refractivity contribution is 5.78. The fraction of sp³-hybridized carbons (Fsp3) is 0.348. The average molecular weight is 391 g/mol. The highest BCUT2D eigenvalue weighted by Crippen LogP contribution is 2.35. The molecule has 1 amide bonds. The molecule has 0 aliphatic heterocycles. The van der Waals surface area contributed by atoms with Gasteiger partial charge in [0.1, 0.15) is 11.6 Å². The van der Waals surface area contributed by atoms with Crippen LogP contribution >= 0.6 is 0 Å². The molecule has 0 unspecified atom stereocenters. The van der Waals surface area contributed by atoms with Crippen LogP contribution in [-0.4, -0.2) is 34.5 Å². The molecule has 0 radical (unpaired) electrons. The number of para-hydroxylation sites is 1. The number of benzene rings is 2. The van der Waals surface area contributed by atoms with Gasteiger partial charge < -0.3 is 9.64 Å². The highest BCUT2D eigenvalue weighted by Gasteiger charge is 2.28. The number of amides is 1. The smallest absolute Gasteiger partial charge is 0.261 e. The summed E-state index contributed by atoms with van der Waals surface area (Å²) < 4.78 is 7.05. The number of aromatic nitrogens is 2. The van der Waals surface area contributed by atoms with Gasteiger partial charge >= 0.3 is 0 Å². The molecular weight excluding hydrogens is 366 g/mol. The standard InChI is InChI=1S/C23H25N3O3/c1-25(15-16-6-5-7-18(14-16)29-2)22(27)13-12-21-24-20-9-4-3-8-19(20)23(28)26(21)17-10-11-17/h3-9,14,17H,10-13,15H2,1-2H3. The van der Waals surface area contributed by atoms with Crippen molar-refractivity contribution in [2.45, 2.75) is 38.3 Å². The molecule has 6 nitrogen and oxygen atoms in total. The molecule has 0 saturated heterocycles. The van der Waals surface area contributed by atoms with Crippen LogP contribution < -0.4 is 10.3 Å². The van der Waals surface area contributed by atoms with Crippen molar-refractivity contribution in [2.75, 3.05) is 14.2 Å². The van der Waals surface area contributed by atoms with Gasteiger partial charge in [-0.2, -0.15) is 0 Å². The number of rotatable bonds is 7. The Morgan fingerprint density at radius 2 is 2.00 bits per heavy atom. The topological polar surface area (TPSA) is 64.4 Å². The van der Waals surface area contributed by atoms with Gasteiger partial charge in [0, 0.05) is 32.5 Å². The minimum Gasteiger partial charge on any atom is -0.497 e. The molecule has 0 spiro atoms. The van der Waals surface area contributed by atoms with E-state index in [1.54, 1.807) is 23.6 Å². The summed E-state index contributed by atoms with van der Waals surface area (Å²) >= 11 is 0. The fourth-order valence-electron chi connectivity index (χ4n) is 3.62. The van der Waals surface area contributed by atoms with E-state index in [1.807, 2.05) is 48.5 Å². The molecule has 0 bridgehead atoms. The Balaban J connectivity index is 1.49. The Labute approximate surface area is 169 Å². The maximum Gasteiger partial charge on any atom is 0.261 e. The van der Waals surface area contributed by atoms with Crippen molar-refractivity contribution < 1.29 is 9.53 Å². The first-order valence-electron chi connectivity index (χ1n) is 9.94. The first kappa shape index (κ1) is 19.2. The lowest BCUT2D eigenvalue weighted by Crippen LogP contribution is -2.29. The van der Waals surface area contributed by atoms with Crippen molar-refractivity contribution in [1.29, 1.82) is 0 Å². The second-order valence-corrected chi connectivity index (χ2v) is 7.55. The summed E-state index contributed by atoms with van der Waals surface area (Å²) in [4.78, 5) is 32.0. The van der Waals surface area contributed by atoms with Crippen LogP contribution in [0.25, 0.3) is 10.9 Å². The van der Waals surface area contributed by atoms with Crippen LogP contribution in [0.3, 0.4) is 0 Å². The third-order valence-corrected chi connectivity index (χ3v) is 5.33. The summed E-state index contributed by atoms with van der Waals surface area (Å²) in [6.07, 6.45) is 2.77. The number of hydrogen-bond acceptors (Lipinski definition) is 4. The van der Waals surface area contributed by atoms with Gasteiger partial charge in [0.05, 0.1) is 18.0 Å². The van der Waals surface area contributed by atoms with E-state index in [-0.39, 0.29) is 17.5 Å². The second-order valence-electron chi connectivity index (χ2n) is 7.55. The van der Waals surface area contributed by atoms with Crippen molar-refractivity contribution in [1.82, 2.24) is 14.5 Å². The van der Waals surface area contributed by atoms with Gasteiger partial charge in [0.25, 0.3) is 5.56 Å². The largest absolute Gasteiger partial charge is 0.497 e. The van der Waals surface area contributed by atoms with Crippen LogP contribution in [0.1, 0.15) is 36.7 Å². The van der Waals surface area contributed by atoms with Gasteiger partial charge in [-0.15, -0.1) is 0 Å². The number of methoxy groups -OCH3 is 1. The predicted octanol–water partition coefficient (Wildman–Crippen LogP) is 3.33. The molecule has 1 saturated carbocycles. The first-order valence-corrected chi connectivity index (χ1v) is 9.94. The molecule has 0 N–H and O–H groups in total. The molecule has 150 valence electrons. The van der Waals surface area contributed by atoms with E-state index >= 15 is 0 Å². The van der Waals surface area contributed by atoms with Gasteiger partial charge in [0.15, 0.2) is 0 Å². The highest BCUT2D eigenvalue weighted by atomic mass is 16.5. The lowest BCUT2D eigenvalue weighted by Gasteiger charge is -2.18. The van der Waals surface area contributed by atoms with E-state index in [4.69, 9.17) is 9.72 Å². The maximum absolute atomic E-state index is 12.9. The van der Waals surface area contributed by atoms with Crippen molar-refractivity contribution in [3.63, 3.8) is 0 Å². The molecule has 2 aromatic carbocycles. The first-order chi connectivity index (χ1) is 14.1. The third kappa shape index (κ3) is 4.16. The Bertz CT molecular complexity index is 1100. The van der Waals surface area contributed by atoms with Crippen LogP contribution in [0, 0.1) is 0 Å². The van der Waals surface area contributed by atoms with Crippen LogP contribution in [0.2, 0.25) is 0 Å². The second kappa shape index (κ2) is 8.07. The molecule has 1 heterocycles. The molecule has 1 aliphatic rings. The molecule has 6 heteroatoms. The normalized spacial score (nSPS) is 13.4. The quantitative estimate of drug-likeness (QED) is 0.620. The molecular formula is C23H25N3O3. The van der Waals surface area contributed by atoms with Crippen molar-refractivity contribution in [3.8, 4) is 5.75 Å². The van der Waals surface area contributed by atoms with Crippen molar-refractivity contribution in [3.05, 3.63) is 70.3 Å². The van der Waals surface area contributed by atoms with E-state index < -0.39 is 0 Å². The minimum absolute atomic E-state index is 0.00489. The molecule has 4 rings (SSSR count). The lowest BCUT2D eigenvalue weighted by molar-refractivity contribution is -0.130.